The summed E-state index contributed by atoms with van der Waals surface area (Å²) in [4.78, 5) is 23.5. The van der Waals surface area contributed by atoms with Crippen LogP contribution in [0.5, 0.6) is 5.75 Å². The van der Waals surface area contributed by atoms with Gasteiger partial charge in [0, 0.05) is 31.3 Å². The number of nitrogens with zero attached hydrogens (tertiary/aromatic N) is 3. The number of amides is 1. The number of hydrogen-bond donors (Lipinski definition) is 1. The number of carbonyl (C=O) groups is 1. The van der Waals surface area contributed by atoms with E-state index in [-0.39, 0.29) is 11.8 Å². The molecule has 1 aliphatic rings. The van der Waals surface area contributed by atoms with Gasteiger partial charge in [0.05, 0.1) is 18.7 Å². The van der Waals surface area contributed by atoms with E-state index in [1.54, 1.807) is 13.4 Å². The van der Waals surface area contributed by atoms with Gasteiger partial charge in [-0.15, -0.1) is 0 Å². The second-order valence-corrected chi connectivity index (χ2v) is 7.41. The summed E-state index contributed by atoms with van der Waals surface area (Å²) in [6.45, 7) is 6.55. The zero-order valence-electron chi connectivity index (χ0n) is 16.3. The average molecular weight is 368 g/mol. The summed E-state index contributed by atoms with van der Waals surface area (Å²) < 4.78 is 5.21. The summed E-state index contributed by atoms with van der Waals surface area (Å²) in [5.41, 5.74) is 1.89. The van der Waals surface area contributed by atoms with Crippen molar-refractivity contribution in [3.63, 3.8) is 0 Å². The van der Waals surface area contributed by atoms with Gasteiger partial charge >= 0.3 is 0 Å². The van der Waals surface area contributed by atoms with Gasteiger partial charge in [-0.25, -0.2) is 9.97 Å². The quantitative estimate of drug-likeness (QED) is 0.848. The molecule has 2 aromatic rings. The van der Waals surface area contributed by atoms with Crippen LogP contribution in [-0.2, 0) is 4.79 Å². The van der Waals surface area contributed by atoms with Crippen LogP contribution in [0.1, 0.15) is 26.7 Å². The molecule has 6 heteroatoms. The van der Waals surface area contributed by atoms with E-state index in [0.29, 0.717) is 12.5 Å². The third-order valence-corrected chi connectivity index (χ3v) is 4.84. The molecule has 1 aromatic heterocycles. The number of anilines is 1. The minimum atomic E-state index is 0.0110. The van der Waals surface area contributed by atoms with Crippen LogP contribution >= 0.6 is 0 Å². The van der Waals surface area contributed by atoms with Crippen molar-refractivity contribution >= 4 is 11.7 Å². The molecule has 1 amide bonds. The van der Waals surface area contributed by atoms with E-state index in [2.05, 4.69) is 34.0 Å². The molecule has 1 unspecified atom stereocenters. The number of ether oxygens (including phenoxy) is 1. The molecule has 0 saturated carbocycles. The van der Waals surface area contributed by atoms with Gasteiger partial charge in [-0.3, -0.25) is 4.79 Å². The molecule has 0 spiro atoms. The maximum atomic E-state index is 12.4. The lowest BCUT2D eigenvalue weighted by Crippen LogP contribution is -2.44. The summed E-state index contributed by atoms with van der Waals surface area (Å²) in [6, 6.07) is 9.82. The lowest BCUT2D eigenvalue weighted by atomic mass is 9.97. The van der Waals surface area contributed by atoms with Gasteiger partial charge in [0.15, 0.2) is 0 Å². The fourth-order valence-corrected chi connectivity index (χ4v) is 3.29. The Hall–Kier alpha value is -2.63. The van der Waals surface area contributed by atoms with Crippen molar-refractivity contribution in [2.75, 3.05) is 31.6 Å². The second kappa shape index (κ2) is 8.84. The minimum Gasteiger partial charge on any atom is -0.497 e. The summed E-state index contributed by atoms with van der Waals surface area (Å²) in [6.07, 6.45) is 3.51. The fraction of sp³-hybridized carbons (Fsp3) is 0.476. The lowest BCUT2D eigenvalue weighted by molar-refractivity contribution is -0.125. The topological polar surface area (TPSA) is 67.3 Å². The standard InChI is InChI=1S/C21H28N4O2/c1-15(2)12-22-21(26)17-5-4-10-25(13-17)20-11-19(23-14-24-20)16-6-8-18(27-3)9-7-16/h6-9,11,14-15,17H,4-5,10,12-13H2,1-3H3,(H,22,26). The van der Waals surface area contributed by atoms with Crippen molar-refractivity contribution < 1.29 is 9.53 Å². The van der Waals surface area contributed by atoms with Gasteiger partial charge in [-0.2, -0.15) is 0 Å². The second-order valence-electron chi connectivity index (χ2n) is 7.41. The van der Waals surface area contributed by atoms with Crippen molar-refractivity contribution in [2.45, 2.75) is 26.7 Å². The van der Waals surface area contributed by atoms with Gasteiger partial charge in [0.25, 0.3) is 0 Å². The predicted octanol–water partition coefficient (Wildman–Crippen LogP) is 3.14. The van der Waals surface area contributed by atoms with Crippen molar-refractivity contribution in [1.29, 1.82) is 0 Å². The Morgan fingerprint density at radius 3 is 2.78 bits per heavy atom. The van der Waals surface area contributed by atoms with Gasteiger partial charge in [-0.1, -0.05) is 13.8 Å². The number of benzene rings is 1. The van der Waals surface area contributed by atoms with E-state index >= 15 is 0 Å². The SMILES string of the molecule is COc1ccc(-c2cc(N3CCCC(C(=O)NCC(C)C)C3)ncn2)cc1. The summed E-state index contributed by atoms with van der Waals surface area (Å²) in [5, 5.41) is 3.06. The van der Waals surface area contributed by atoms with Crippen LogP contribution in [0.25, 0.3) is 11.3 Å². The van der Waals surface area contributed by atoms with E-state index in [4.69, 9.17) is 4.74 Å². The maximum absolute atomic E-state index is 12.4. The van der Waals surface area contributed by atoms with Crippen LogP contribution in [0.15, 0.2) is 36.7 Å². The fourth-order valence-electron chi connectivity index (χ4n) is 3.29. The molecule has 3 rings (SSSR count). The Morgan fingerprint density at radius 1 is 1.30 bits per heavy atom. The number of hydrogen-bond acceptors (Lipinski definition) is 5. The Morgan fingerprint density at radius 2 is 2.07 bits per heavy atom. The van der Waals surface area contributed by atoms with Gasteiger partial charge in [0.1, 0.15) is 17.9 Å². The van der Waals surface area contributed by atoms with E-state index in [9.17, 15) is 4.79 Å². The van der Waals surface area contributed by atoms with Crippen molar-refractivity contribution in [2.24, 2.45) is 11.8 Å². The molecule has 1 aromatic carbocycles. The molecule has 1 aliphatic heterocycles. The molecule has 0 bridgehead atoms. The number of aromatic nitrogens is 2. The van der Waals surface area contributed by atoms with Crippen molar-refractivity contribution in [1.82, 2.24) is 15.3 Å². The first kappa shape index (κ1) is 19.1. The number of rotatable bonds is 6. The molecule has 6 nitrogen and oxygen atoms in total. The molecule has 144 valence electrons. The number of nitrogens with one attached hydrogen (secondary N) is 1. The first-order valence-corrected chi connectivity index (χ1v) is 9.56. The van der Waals surface area contributed by atoms with Gasteiger partial charge in [0.2, 0.25) is 5.91 Å². The monoisotopic (exact) mass is 368 g/mol. The molecule has 1 saturated heterocycles. The highest BCUT2D eigenvalue weighted by Gasteiger charge is 2.26. The highest BCUT2D eigenvalue weighted by atomic mass is 16.5. The zero-order chi connectivity index (χ0) is 19.2. The van der Waals surface area contributed by atoms with Crippen LogP contribution in [-0.4, -0.2) is 42.6 Å². The molecule has 1 N–H and O–H groups in total. The average Bonchev–Trinajstić information content (AvgIpc) is 2.72. The Kier molecular flexibility index (Phi) is 6.27. The van der Waals surface area contributed by atoms with Crippen LogP contribution in [0.3, 0.4) is 0 Å². The Labute approximate surface area is 161 Å². The zero-order valence-corrected chi connectivity index (χ0v) is 16.3. The largest absolute Gasteiger partial charge is 0.497 e. The summed E-state index contributed by atoms with van der Waals surface area (Å²) in [7, 11) is 1.65. The summed E-state index contributed by atoms with van der Waals surface area (Å²) in [5.74, 6) is 2.31. The highest BCUT2D eigenvalue weighted by molar-refractivity contribution is 5.79. The first-order valence-electron chi connectivity index (χ1n) is 9.56. The number of carbonyl (C=O) groups excluding carboxylic acids is 1. The lowest BCUT2D eigenvalue weighted by Gasteiger charge is -2.33. The molecule has 27 heavy (non-hydrogen) atoms. The highest BCUT2D eigenvalue weighted by Crippen LogP contribution is 2.26. The third-order valence-electron chi connectivity index (χ3n) is 4.84. The van der Waals surface area contributed by atoms with Crippen LogP contribution in [0.4, 0.5) is 5.82 Å². The number of methoxy groups -OCH3 is 1. The molecule has 0 radical (unpaired) electrons. The van der Waals surface area contributed by atoms with E-state index in [1.807, 2.05) is 30.3 Å². The molecular weight excluding hydrogens is 340 g/mol. The predicted molar refractivity (Wildman–Crippen MR) is 107 cm³/mol. The van der Waals surface area contributed by atoms with Gasteiger partial charge in [-0.05, 0) is 43.0 Å². The molecule has 0 aliphatic carbocycles. The minimum absolute atomic E-state index is 0.0110. The first-order chi connectivity index (χ1) is 13.1. The smallest absolute Gasteiger partial charge is 0.224 e. The number of piperidine rings is 1. The Bertz CT molecular complexity index is 761. The van der Waals surface area contributed by atoms with E-state index in [0.717, 1.165) is 48.8 Å². The van der Waals surface area contributed by atoms with Crippen LogP contribution < -0.4 is 15.0 Å². The van der Waals surface area contributed by atoms with Gasteiger partial charge < -0.3 is 15.0 Å². The van der Waals surface area contributed by atoms with Crippen LogP contribution in [0.2, 0.25) is 0 Å². The molecule has 1 fully saturated rings. The molecule has 2 heterocycles. The van der Waals surface area contributed by atoms with E-state index in [1.165, 1.54) is 0 Å². The summed E-state index contributed by atoms with van der Waals surface area (Å²) >= 11 is 0. The normalized spacial score (nSPS) is 17.0. The van der Waals surface area contributed by atoms with Crippen molar-refractivity contribution in [3.8, 4) is 17.0 Å². The molecule has 1 atom stereocenters. The third kappa shape index (κ3) is 4.96. The van der Waals surface area contributed by atoms with Crippen LogP contribution in [0, 0.1) is 11.8 Å². The van der Waals surface area contributed by atoms with Crippen molar-refractivity contribution in [3.05, 3.63) is 36.7 Å². The van der Waals surface area contributed by atoms with E-state index < -0.39 is 0 Å². The molecular formula is C21H28N4O2. The Balaban J connectivity index is 1.71. The maximum Gasteiger partial charge on any atom is 0.224 e.